The van der Waals surface area contributed by atoms with E-state index in [2.05, 4.69) is 5.10 Å². The minimum atomic E-state index is -0.478. The van der Waals surface area contributed by atoms with Crippen molar-refractivity contribution in [2.45, 2.75) is 6.92 Å². The number of carbonyl (C=O) groups excluding carboxylic acids is 1. The number of anilines is 1. The van der Waals surface area contributed by atoms with E-state index in [0.29, 0.717) is 32.6 Å². The van der Waals surface area contributed by atoms with Gasteiger partial charge in [-0.05, 0) is 48.9 Å². The zero-order valence-electron chi connectivity index (χ0n) is 12.9. The number of rotatable bonds is 3. The van der Waals surface area contributed by atoms with Crippen molar-refractivity contribution in [2.24, 2.45) is 5.10 Å². The lowest BCUT2D eigenvalue weighted by molar-refractivity contribution is -0.384. The molecule has 1 heterocycles. The van der Waals surface area contributed by atoms with Crippen molar-refractivity contribution in [3.63, 3.8) is 0 Å². The maximum atomic E-state index is 12.7. The van der Waals surface area contributed by atoms with Crippen LogP contribution in [-0.4, -0.2) is 16.5 Å². The Morgan fingerprint density at radius 1 is 1.16 bits per heavy atom. The van der Waals surface area contributed by atoms with Gasteiger partial charge in [-0.1, -0.05) is 23.2 Å². The Hall–Kier alpha value is -2.70. The van der Waals surface area contributed by atoms with Crippen LogP contribution < -0.4 is 5.01 Å². The van der Waals surface area contributed by atoms with Crippen LogP contribution in [0.4, 0.5) is 11.4 Å². The lowest BCUT2D eigenvalue weighted by atomic mass is 10.1. The summed E-state index contributed by atoms with van der Waals surface area (Å²) in [5, 5.41) is 16.9. The average molecular weight is 376 g/mol. The lowest BCUT2D eigenvalue weighted by Crippen LogP contribution is -2.21. The fourth-order valence-electron chi connectivity index (χ4n) is 2.36. The van der Waals surface area contributed by atoms with E-state index in [1.807, 2.05) is 0 Å². The number of hydrogen-bond acceptors (Lipinski definition) is 4. The Morgan fingerprint density at radius 2 is 1.84 bits per heavy atom. The standard InChI is InChI=1S/C17H11Cl2N3O3/c1-10-14(8-11-2-5-13(6-3-11)22(24)25)17(23)21(20-10)16-7-4-12(18)9-15(16)19/h2-9H,1H3. The number of nitro groups is 1. The van der Waals surface area contributed by atoms with E-state index in [0.717, 1.165) is 0 Å². The Morgan fingerprint density at radius 3 is 2.44 bits per heavy atom. The molecular formula is C17H11Cl2N3O3. The highest BCUT2D eigenvalue weighted by Gasteiger charge is 2.30. The maximum absolute atomic E-state index is 12.7. The van der Waals surface area contributed by atoms with Crippen LogP contribution in [0.5, 0.6) is 0 Å². The number of carbonyl (C=O) groups is 1. The van der Waals surface area contributed by atoms with Gasteiger partial charge in [0.05, 0.1) is 26.9 Å². The van der Waals surface area contributed by atoms with Gasteiger partial charge in [0.25, 0.3) is 11.6 Å². The first kappa shape index (κ1) is 17.1. The van der Waals surface area contributed by atoms with E-state index in [4.69, 9.17) is 23.2 Å². The summed E-state index contributed by atoms with van der Waals surface area (Å²) in [7, 11) is 0. The van der Waals surface area contributed by atoms with E-state index < -0.39 is 4.92 Å². The van der Waals surface area contributed by atoms with Crippen molar-refractivity contribution in [1.82, 2.24) is 0 Å². The highest BCUT2D eigenvalue weighted by molar-refractivity contribution is 6.38. The zero-order chi connectivity index (χ0) is 18.1. The fraction of sp³-hybridized carbons (Fsp3) is 0.0588. The zero-order valence-corrected chi connectivity index (χ0v) is 14.5. The number of amides is 1. The van der Waals surface area contributed by atoms with Crippen LogP contribution in [0.15, 0.2) is 53.1 Å². The number of nitro benzene ring substituents is 1. The highest BCUT2D eigenvalue weighted by Crippen LogP contribution is 2.33. The minimum absolute atomic E-state index is 0.0140. The molecular weight excluding hydrogens is 365 g/mol. The molecule has 1 aliphatic heterocycles. The smallest absolute Gasteiger partial charge is 0.267 e. The number of hydrogen-bond donors (Lipinski definition) is 0. The summed E-state index contributed by atoms with van der Waals surface area (Å²) in [5.74, 6) is -0.333. The average Bonchev–Trinajstić information content (AvgIpc) is 2.83. The van der Waals surface area contributed by atoms with Crippen molar-refractivity contribution in [3.05, 3.63) is 73.8 Å². The monoisotopic (exact) mass is 375 g/mol. The molecule has 6 nitrogen and oxygen atoms in total. The number of hydrazone groups is 1. The molecule has 0 N–H and O–H groups in total. The second-order valence-electron chi connectivity index (χ2n) is 5.30. The topological polar surface area (TPSA) is 75.8 Å². The Bertz CT molecular complexity index is 937. The van der Waals surface area contributed by atoms with Crippen LogP contribution in [0.25, 0.3) is 6.08 Å². The molecule has 2 aromatic carbocycles. The molecule has 8 heteroatoms. The normalized spacial score (nSPS) is 15.6. The summed E-state index contributed by atoms with van der Waals surface area (Å²) >= 11 is 12.0. The molecule has 126 valence electrons. The minimum Gasteiger partial charge on any atom is -0.267 e. The van der Waals surface area contributed by atoms with Gasteiger partial charge in [-0.25, -0.2) is 0 Å². The first-order valence-corrected chi connectivity index (χ1v) is 7.93. The number of non-ortho nitro benzene ring substituents is 1. The molecule has 1 aliphatic rings. The number of nitrogens with zero attached hydrogens (tertiary/aromatic N) is 3. The van der Waals surface area contributed by atoms with Gasteiger partial charge < -0.3 is 0 Å². The molecule has 2 aromatic rings. The Balaban J connectivity index is 1.93. The predicted molar refractivity (Wildman–Crippen MR) is 98.1 cm³/mol. The van der Waals surface area contributed by atoms with Gasteiger partial charge in [0, 0.05) is 17.2 Å². The molecule has 0 atom stereocenters. The SMILES string of the molecule is CC1=NN(c2ccc(Cl)cc2Cl)C(=O)C1=Cc1ccc([N+](=O)[O-])cc1. The van der Waals surface area contributed by atoms with E-state index in [-0.39, 0.29) is 11.6 Å². The molecule has 25 heavy (non-hydrogen) atoms. The van der Waals surface area contributed by atoms with Crippen molar-refractivity contribution in [3.8, 4) is 0 Å². The molecule has 0 unspecified atom stereocenters. The molecule has 1 amide bonds. The van der Waals surface area contributed by atoms with Gasteiger partial charge in [-0.3, -0.25) is 14.9 Å². The Labute approximate surface area is 153 Å². The van der Waals surface area contributed by atoms with Gasteiger partial charge in [0.15, 0.2) is 0 Å². The van der Waals surface area contributed by atoms with Gasteiger partial charge in [-0.15, -0.1) is 0 Å². The second kappa shape index (κ2) is 6.66. The highest BCUT2D eigenvalue weighted by atomic mass is 35.5. The van der Waals surface area contributed by atoms with Crippen molar-refractivity contribution < 1.29 is 9.72 Å². The van der Waals surface area contributed by atoms with Crippen LogP contribution in [0.2, 0.25) is 10.0 Å². The van der Waals surface area contributed by atoms with E-state index >= 15 is 0 Å². The molecule has 0 fully saturated rings. The summed E-state index contributed by atoms with van der Waals surface area (Å²) in [6.45, 7) is 1.71. The summed E-state index contributed by atoms with van der Waals surface area (Å²) < 4.78 is 0. The van der Waals surface area contributed by atoms with Crippen LogP contribution in [0.3, 0.4) is 0 Å². The number of benzene rings is 2. The van der Waals surface area contributed by atoms with Gasteiger partial charge in [-0.2, -0.15) is 10.1 Å². The third kappa shape index (κ3) is 3.40. The van der Waals surface area contributed by atoms with E-state index in [9.17, 15) is 14.9 Å². The largest absolute Gasteiger partial charge is 0.280 e. The fourth-order valence-corrected chi connectivity index (χ4v) is 2.85. The van der Waals surface area contributed by atoms with Crippen LogP contribution in [0.1, 0.15) is 12.5 Å². The summed E-state index contributed by atoms with van der Waals surface area (Å²) in [6, 6.07) is 10.7. The van der Waals surface area contributed by atoms with Gasteiger partial charge in [0.1, 0.15) is 0 Å². The van der Waals surface area contributed by atoms with E-state index in [1.165, 1.54) is 23.2 Å². The van der Waals surface area contributed by atoms with Crippen LogP contribution in [-0.2, 0) is 4.79 Å². The van der Waals surface area contributed by atoms with Crippen LogP contribution in [0, 0.1) is 10.1 Å². The second-order valence-corrected chi connectivity index (χ2v) is 6.15. The lowest BCUT2D eigenvalue weighted by Gasteiger charge is -2.13. The summed E-state index contributed by atoms with van der Waals surface area (Å²) in [5.41, 5.74) is 1.99. The molecule has 0 spiro atoms. The first-order chi connectivity index (χ1) is 11.9. The van der Waals surface area contributed by atoms with Crippen molar-refractivity contribution in [1.29, 1.82) is 0 Å². The molecule has 0 saturated heterocycles. The third-order valence-electron chi connectivity index (χ3n) is 3.62. The summed E-state index contributed by atoms with van der Waals surface area (Å²) in [6.07, 6.45) is 1.63. The summed E-state index contributed by atoms with van der Waals surface area (Å²) in [4.78, 5) is 22.9. The molecule has 0 aliphatic carbocycles. The molecule has 0 saturated carbocycles. The van der Waals surface area contributed by atoms with Crippen molar-refractivity contribution in [2.75, 3.05) is 5.01 Å². The van der Waals surface area contributed by atoms with Gasteiger partial charge in [0.2, 0.25) is 0 Å². The van der Waals surface area contributed by atoms with Gasteiger partial charge >= 0.3 is 0 Å². The first-order valence-electron chi connectivity index (χ1n) is 7.18. The molecule has 3 rings (SSSR count). The quantitative estimate of drug-likeness (QED) is 0.442. The number of halogens is 2. The molecule has 0 bridgehead atoms. The third-order valence-corrected chi connectivity index (χ3v) is 4.15. The Kier molecular flexibility index (Phi) is 4.57. The van der Waals surface area contributed by atoms with Crippen molar-refractivity contribution >= 4 is 52.3 Å². The molecule has 0 radical (unpaired) electrons. The molecule has 0 aromatic heterocycles. The van der Waals surface area contributed by atoms with Crippen LogP contribution >= 0.6 is 23.2 Å². The maximum Gasteiger partial charge on any atom is 0.280 e. The van der Waals surface area contributed by atoms with E-state index in [1.54, 1.807) is 37.3 Å². The predicted octanol–water partition coefficient (Wildman–Crippen LogP) is 4.71.